The molecule has 0 heterocycles. The number of hydrogen-bond donors (Lipinski definition) is 1. The summed E-state index contributed by atoms with van der Waals surface area (Å²) < 4.78 is 10.8. The Hall–Kier alpha value is -2.14. The standard InChI is InChI=1S/C74H138O5/c1-3-5-7-9-11-13-15-17-19-21-23-25-27-29-30-31-32-33-34-35-36-37-38-39-40-41-42-43-45-46-48-50-52-54-56-58-60-62-64-66-68-73(76)78-71-72(70-75)79-74(77)69-67-65-63-61-59-57-55-53-51-49-47-44-28-26-24-22-20-18-16-14-12-10-8-6-4-2/h6,8,12,14,18,20,24,26,72,75H,3-5,7,9-11,13,15-17,19,21-23,25,27-71H2,1-2H3/b8-6-,14-12-,20-18-,26-24-. The molecule has 0 bridgehead atoms. The number of ether oxygens (including phenoxy) is 2. The molecule has 79 heavy (non-hydrogen) atoms. The molecular weight excluding hydrogens is 969 g/mol. The lowest BCUT2D eigenvalue weighted by Crippen LogP contribution is -2.28. The van der Waals surface area contributed by atoms with Crippen LogP contribution in [0.3, 0.4) is 0 Å². The maximum absolute atomic E-state index is 12.3. The van der Waals surface area contributed by atoms with Gasteiger partial charge in [0.25, 0.3) is 0 Å². The van der Waals surface area contributed by atoms with Crippen molar-refractivity contribution in [2.45, 2.75) is 399 Å². The van der Waals surface area contributed by atoms with E-state index in [1.54, 1.807) is 0 Å². The third kappa shape index (κ3) is 68.3. The van der Waals surface area contributed by atoms with Crippen molar-refractivity contribution in [3.8, 4) is 0 Å². The minimum Gasteiger partial charge on any atom is -0.462 e. The molecule has 0 aliphatic heterocycles. The van der Waals surface area contributed by atoms with Crippen LogP contribution in [-0.2, 0) is 19.1 Å². The molecule has 0 spiro atoms. The Morgan fingerprint density at radius 2 is 0.544 bits per heavy atom. The van der Waals surface area contributed by atoms with Crippen molar-refractivity contribution in [2.24, 2.45) is 0 Å². The molecule has 0 aromatic carbocycles. The minimum atomic E-state index is -0.774. The molecule has 0 aromatic heterocycles. The van der Waals surface area contributed by atoms with Crippen LogP contribution in [0.4, 0.5) is 0 Å². The molecule has 5 nitrogen and oxygen atoms in total. The number of carbonyl (C=O) groups excluding carboxylic acids is 2. The summed E-state index contributed by atoms with van der Waals surface area (Å²) in [7, 11) is 0. The molecule has 0 fully saturated rings. The lowest BCUT2D eigenvalue weighted by atomic mass is 10.0. The first kappa shape index (κ1) is 76.9. The van der Waals surface area contributed by atoms with E-state index in [1.165, 1.54) is 308 Å². The molecule has 5 heteroatoms. The first-order valence-electron chi connectivity index (χ1n) is 35.7. The summed E-state index contributed by atoms with van der Waals surface area (Å²) in [5.74, 6) is -0.574. The lowest BCUT2D eigenvalue weighted by Gasteiger charge is -2.15. The van der Waals surface area contributed by atoms with E-state index >= 15 is 0 Å². The van der Waals surface area contributed by atoms with Gasteiger partial charge in [-0.25, -0.2) is 0 Å². The Morgan fingerprint density at radius 1 is 0.304 bits per heavy atom. The van der Waals surface area contributed by atoms with Gasteiger partial charge in [-0.15, -0.1) is 0 Å². The largest absolute Gasteiger partial charge is 0.462 e. The molecule has 464 valence electrons. The van der Waals surface area contributed by atoms with E-state index in [4.69, 9.17) is 9.47 Å². The van der Waals surface area contributed by atoms with Gasteiger partial charge in [0.1, 0.15) is 6.61 Å². The zero-order valence-electron chi connectivity index (χ0n) is 53.4. The second kappa shape index (κ2) is 70.1. The van der Waals surface area contributed by atoms with Crippen LogP contribution in [0.1, 0.15) is 393 Å². The monoisotopic (exact) mass is 1110 g/mol. The summed E-state index contributed by atoms with van der Waals surface area (Å²) in [5.41, 5.74) is 0. The average molecular weight is 1110 g/mol. The van der Waals surface area contributed by atoms with Crippen LogP contribution in [0.5, 0.6) is 0 Å². The maximum Gasteiger partial charge on any atom is 0.306 e. The Morgan fingerprint density at radius 3 is 0.823 bits per heavy atom. The molecular formula is C74H138O5. The Kier molecular flexibility index (Phi) is 68.2. The highest BCUT2D eigenvalue weighted by Gasteiger charge is 2.16. The average Bonchev–Trinajstić information content (AvgIpc) is 3.45. The van der Waals surface area contributed by atoms with E-state index in [0.717, 1.165) is 57.8 Å². The van der Waals surface area contributed by atoms with Crippen molar-refractivity contribution in [1.29, 1.82) is 0 Å². The van der Waals surface area contributed by atoms with Crippen molar-refractivity contribution < 1.29 is 24.2 Å². The molecule has 1 unspecified atom stereocenters. The molecule has 0 aliphatic carbocycles. The number of carbonyl (C=O) groups is 2. The van der Waals surface area contributed by atoms with Gasteiger partial charge < -0.3 is 14.6 Å². The predicted octanol–water partition coefficient (Wildman–Crippen LogP) is 24.7. The topological polar surface area (TPSA) is 72.8 Å². The van der Waals surface area contributed by atoms with Crippen molar-refractivity contribution in [3.63, 3.8) is 0 Å². The Labute approximate surface area is 494 Å². The van der Waals surface area contributed by atoms with Crippen LogP contribution in [0.15, 0.2) is 48.6 Å². The normalized spacial score (nSPS) is 12.4. The summed E-state index contributed by atoms with van der Waals surface area (Å²) in [5, 5.41) is 9.69. The van der Waals surface area contributed by atoms with Gasteiger partial charge in [0.05, 0.1) is 6.61 Å². The van der Waals surface area contributed by atoms with Gasteiger partial charge in [0, 0.05) is 12.8 Å². The van der Waals surface area contributed by atoms with Crippen LogP contribution in [0, 0.1) is 0 Å². The summed E-state index contributed by atoms with van der Waals surface area (Å²) >= 11 is 0. The van der Waals surface area contributed by atoms with Gasteiger partial charge >= 0.3 is 11.9 Å². The fraction of sp³-hybridized carbons (Fsp3) is 0.865. The predicted molar refractivity (Wildman–Crippen MR) is 348 cm³/mol. The quantitative estimate of drug-likeness (QED) is 0.0373. The molecule has 0 rings (SSSR count). The molecule has 1 atom stereocenters. The second-order valence-corrected chi connectivity index (χ2v) is 24.3. The van der Waals surface area contributed by atoms with E-state index in [-0.39, 0.29) is 25.2 Å². The van der Waals surface area contributed by atoms with E-state index in [2.05, 4.69) is 62.5 Å². The molecule has 0 aliphatic rings. The summed E-state index contributed by atoms with van der Waals surface area (Å²) in [6, 6.07) is 0. The first-order chi connectivity index (χ1) is 39.1. The summed E-state index contributed by atoms with van der Waals surface area (Å²) in [6.07, 6.45) is 94.6. The Bertz CT molecular complexity index is 1300. The molecule has 0 saturated heterocycles. The van der Waals surface area contributed by atoms with E-state index < -0.39 is 6.10 Å². The highest BCUT2D eigenvalue weighted by molar-refractivity contribution is 5.70. The first-order valence-corrected chi connectivity index (χ1v) is 35.7. The number of esters is 2. The van der Waals surface area contributed by atoms with Crippen LogP contribution in [0.25, 0.3) is 0 Å². The van der Waals surface area contributed by atoms with Gasteiger partial charge in [0.2, 0.25) is 0 Å². The third-order valence-electron chi connectivity index (χ3n) is 16.4. The van der Waals surface area contributed by atoms with Gasteiger partial charge in [0.15, 0.2) is 6.10 Å². The smallest absolute Gasteiger partial charge is 0.306 e. The minimum absolute atomic E-state index is 0.0626. The summed E-state index contributed by atoms with van der Waals surface area (Å²) in [4.78, 5) is 24.6. The second-order valence-electron chi connectivity index (χ2n) is 24.3. The maximum atomic E-state index is 12.3. The molecule has 0 saturated carbocycles. The van der Waals surface area contributed by atoms with Crippen molar-refractivity contribution in [1.82, 2.24) is 0 Å². The van der Waals surface area contributed by atoms with Crippen LogP contribution < -0.4 is 0 Å². The van der Waals surface area contributed by atoms with Gasteiger partial charge in [-0.3, -0.25) is 9.59 Å². The van der Waals surface area contributed by atoms with Crippen LogP contribution in [0.2, 0.25) is 0 Å². The van der Waals surface area contributed by atoms with Crippen LogP contribution >= 0.6 is 0 Å². The molecule has 0 aromatic rings. The molecule has 0 amide bonds. The van der Waals surface area contributed by atoms with Crippen molar-refractivity contribution in [3.05, 3.63) is 48.6 Å². The number of rotatable bonds is 67. The molecule has 1 N–H and O–H groups in total. The number of allylic oxidation sites excluding steroid dienone is 8. The van der Waals surface area contributed by atoms with E-state index in [0.29, 0.717) is 12.8 Å². The zero-order chi connectivity index (χ0) is 56.9. The fourth-order valence-corrected chi connectivity index (χ4v) is 11.1. The molecule has 0 radical (unpaired) electrons. The van der Waals surface area contributed by atoms with Gasteiger partial charge in [-0.1, -0.05) is 377 Å². The van der Waals surface area contributed by atoms with Crippen molar-refractivity contribution >= 4 is 11.9 Å². The number of aliphatic hydroxyl groups is 1. The van der Waals surface area contributed by atoms with Crippen LogP contribution in [-0.4, -0.2) is 36.4 Å². The Balaban J connectivity index is 3.36. The fourth-order valence-electron chi connectivity index (χ4n) is 11.1. The van der Waals surface area contributed by atoms with Gasteiger partial charge in [-0.2, -0.15) is 0 Å². The van der Waals surface area contributed by atoms with E-state index in [9.17, 15) is 14.7 Å². The highest BCUT2D eigenvalue weighted by Crippen LogP contribution is 2.19. The highest BCUT2D eigenvalue weighted by atomic mass is 16.6. The third-order valence-corrected chi connectivity index (χ3v) is 16.4. The van der Waals surface area contributed by atoms with Crippen molar-refractivity contribution in [2.75, 3.05) is 13.2 Å². The number of hydrogen-bond acceptors (Lipinski definition) is 5. The van der Waals surface area contributed by atoms with E-state index in [1.807, 2.05) is 0 Å². The number of aliphatic hydroxyl groups excluding tert-OH is 1. The zero-order valence-corrected chi connectivity index (χ0v) is 53.4. The number of unbranched alkanes of at least 4 members (excludes halogenated alkanes) is 51. The lowest BCUT2D eigenvalue weighted by molar-refractivity contribution is -0.161. The SMILES string of the molecule is CC/C=C\C/C=C\C/C=C\C/C=C\CCCCCCCCCCCCCCC(=O)OC(CO)COC(=O)CCCCCCCCCCCCCCCCCCCCCCCCCCCCCCCCCCCCCCCCCC. The van der Waals surface area contributed by atoms with Gasteiger partial charge in [-0.05, 0) is 51.4 Å². The summed E-state index contributed by atoms with van der Waals surface area (Å²) in [6.45, 7) is 4.08.